The van der Waals surface area contributed by atoms with E-state index in [1.807, 2.05) is 13.1 Å². The van der Waals surface area contributed by atoms with Crippen molar-refractivity contribution in [2.45, 2.75) is 61.9 Å². The van der Waals surface area contributed by atoms with Crippen molar-refractivity contribution in [1.29, 1.82) is 0 Å². The van der Waals surface area contributed by atoms with Crippen LogP contribution >= 0.6 is 0 Å². The van der Waals surface area contributed by atoms with E-state index in [0.717, 1.165) is 37.9 Å². The van der Waals surface area contributed by atoms with E-state index in [2.05, 4.69) is 20.1 Å². The van der Waals surface area contributed by atoms with Gasteiger partial charge in [-0.2, -0.15) is 4.31 Å². The Bertz CT molecular complexity index is 756. The molecule has 8 heteroatoms. The number of nitrogens with one attached hydrogen (secondary N) is 1. The standard InChI is InChI=1S/C21H35N5O2S/c1-24-12-14-26(15-13-24)29(27,28)20-9-10-21(22-16-20)23-18-6-5-11-25(17-18)19-7-3-2-4-8-19/h9-10,16,18-19H,2-8,11-15,17H2,1H3,(H,22,23). The molecule has 0 amide bonds. The van der Waals surface area contributed by atoms with Crippen molar-refractivity contribution in [2.75, 3.05) is 51.6 Å². The molecule has 1 N–H and O–H groups in total. The van der Waals surface area contributed by atoms with E-state index >= 15 is 0 Å². The molecule has 0 aromatic carbocycles. The summed E-state index contributed by atoms with van der Waals surface area (Å²) < 4.78 is 27.3. The van der Waals surface area contributed by atoms with Gasteiger partial charge in [-0.05, 0) is 51.4 Å². The Morgan fingerprint density at radius 2 is 1.72 bits per heavy atom. The average Bonchev–Trinajstić information content (AvgIpc) is 2.75. The van der Waals surface area contributed by atoms with Gasteiger partial charge in [0.25, 0.3) is 0 Å². The zero-order chi connectivity index (χ0) is 20.3. The lowest BCUT2D eigenvalue weighted by Crippen LogP contribution is -2.47. The molecule has 7 nitrogen and oxygen atoms in total. The Balaban J connectivity index is 1.35. The summed E-state index contributed by atoms with van der Waals surface area (Å²) >= 11 is 0. The molecule has 0 bridgehead atoms. The van der Waals surface area contributed by atoms with Gasteiger partial charge < -0.3 is 10.2 Å². The number of aromatic nitrogens is 1. The summed E-state index contributed by atoms with van der Waals surface area (Å²) in [7, 11) is -1.43. The number of nitrogens with zero attached hydrogens (tertiary/aromatic N) is 4. The van der Waals surface area contributed by atoms with Crippen molar-refractivity contribution in [3.05, 3.63) is 18.3 Å². The van der Waals surface area contributed by atoms with E-state index < -0.39 is 10.0 Å². The fraction of sp³-hybridized carbons (Fsp3) is 0.762. The van der Waals surface area contributed by atoms with Crippen molar-refractivity contribution in [3.8, 4) is 0 Å². The number of anilines is 1. The van der Waals surface area contributed by atoms with Crippen LogP contribution in [-0.4, -0.2) is 85.9 Å². The predicted molar refractivity (Wildman–Crippen MR) is 116 cm³/mol. The molecule has 2 aliphatic heterocycles. The van der Waals surface area contributed by atoms with Crippen molar-refractivity contribution in [1.82, 2.24) is 19.1 Å². The first-order chi connectivity index (χ1) is 14.0. The van der Waals surface area contributed by atoms with Gasteiger partial charge in [-0.25, -0.2) is 13.4 Å². The van der Waals surface area contributed by atoms with Crippen molar-refractivity contribution in [3.63, 3.8) is 0 Å². The molecule has 1 atom stereocenters. The molecule has 4 rings (SSSR count). The summed E-state index contributed by atoms with van der Waals surface area (Å²) in [6, 6.07) is 4.66. The van der Waals surface area contributed by atoms with Gasteiger partial charge in [0.05, 0.1) is 0 Å². The average molecular weight is 422 g/mol. The molecule has 1 aromatic rings. The van der Waals surface area contributed by atoms with E-state index in [1.165, 1.54) is 51.3 Å². The van der Waals surface area contributed by atoms with Gasteiger partial charge in [0.1, 0.15) is 10.7 Å². The quantitative estimate of drug-likeness (QED) is 0.786. The highest BCUT2D eigenvalue weighted by Crippen LogP contribution is 2.26. The maximum atomic E-state index is 12.9. The second-order valence-electron chi connectivity index (χ2n) is 8.86. The molecular weight excluding hydrogens is 386 g/mol. The molecule has 29 heavy (non-hydrogen) atoms. The minimum atomic E-state index is -3.45. The summed E-state index contributed by atoms with van der Waals surface area (Å²) in [4.78, 5) is 9.54. The van der Waals surface area contributed by atoms with Gasteiger partial charge in [-0.3, -0.25) is 4.90 Å². The van der Waals surface area contributed by atoms with E-state index in [4.69, 9.17) is 0 Å². The maximum absolute atomic E-state index is 12.9. The molecule has 3 heterocycles. The highest BCUT2D eigenvalue weighted by molar-refractivity contribution is 7.89. The third-order valence-corrected chi connectivity index (χ3v) is 8.61. The molecule has 162 valence electrons. The summed E-state index contributed by atoms with van der Waals surface area (Å²) in [6.45, 7) is 4.89. The molecule has 1 aromatic heterocycles. The summed E-state index contributed by atoms with van der Waals surface area (Å²) in [5.41, 5.74) is 0. The van der Waals surface area contributed by atoms with Crippen LogP contribution in [0.1, 0.15) is 44.9 Å². The van der Waals surface area contributed by atoms with Crippen LogP contribution in [0.2, 0.25) is 0 Å². The third-order valence-electron chi connectivity index (χ3n) is 6.73. The van der Waals surface area contributed by atoms with Crippen LogP contribution in [0.5, 0.6) is 0 Å². The van der Waals surface area contributed by atoms with Gasteiger partial charge in [-0.1, -0.05) is 19.3 Å². The molecule has 0 spiro atoms. The lowest BCUT2D eigenvalue weighted by molar-refractivity contribution is 0.124. The van der Waals surface area contributed by atoms with E-state index in [9.17, 15) is 8.42 Å². The predicted octanol–water partition coefficient (Wildman–Crippen LogP) is 2.23. The van der Waals surface area contributed by atoms with Crippen LogP contribution in [0.25, 0.3) is 0 Å². The minimum Gasteiger partial charge on any atom is -0.366 e. The molecule has 1 unspecified atom stereocenters. The lowest BCUT2D eigenvalue weighted by atomic mass is 9.92. The van der Waals surface area contributed by atoms with Crippen LogP contribution in [0.4, 0.5) is 5.82 Å². The first kappa shape index (κ1) is 21.0. The maximum Gasteiger partial charge on any atom is 0.244 e. The second-order valence-corrected chi connectivity index (χ2v) is 10.8. The second kappa shape index (κ2) is 9.29. The number of hydrogen-bond acceptors (Lipinski definition) is 6. The highest BCUT2D eigenvalue weighted by atomic mass is 32.2. The Labute approximate surface area is 175 Å². The zero-order valence-electron chi connectivity index (χ0n) is 17.6. The molecule has 3 aliphatic rings. The van der Waals surface area contributed by atoms with E-state index in [1.54, 1.807) is 10.4 Å². The minimum absolute atomic E-state index is 0.292. The molecule has 1 aliphatic carbocycles. The molecular formula is C21H35N5O2S. The molecule has 3 fully saturated rings. The van der Waals surface area contributed by atoms with Crippen LogP contribution in [0.3, 0.4) is 0 Å². The van der Waals surface area contributed by atoms with Crippen molar-refractivity contribution >= 4 is 15.8 Å². The van der Waals surface area contributed by atoms with Crippen LogP contribution in [0.15, 0.2) is 23.2 Å². The normalized spacial score (nSPS) is 26.4. The summed E-state index contributed by atoms with van der Waals surface area (Å²) in [6.07, 6.45) is 10.7. The number of sulfonamides is 1. The Morgan fingerprint density at radius 1 is 0.966 bits per heavy atom. The SMILES string of the molecule is CN1CCN(S(=O)(=O)c2ccc(NC3CCCN(C4CCCCC4)C3)nc2)CC1. The number of likely N-dealkylation sites (N-methyl/N-ethyl adjacent to an activating group) is 1. The molecule has 0 radical (unpaired) electrons. The number of likely N-dealkylation sites (tertiary alicyclic amines) is 1. The monoisotopic (exact) mass is 421 g/mol. The summed E-state index contributed by atoms with van der Waals surface area (Å²) in [5.74, 6) is 0.776. The lowest BCUT2D eigenvalue weighted by Gasteiger charge is -2.40. The zero-order valence-corrected chi connectivity index (χ0v) is 18.4. The Kier molecular flexibility index (Phi) is 6.73. The number of hydrogen-bond donors (Lipinski definition) is 1. The fourth-order valence-corrected chi connectivity index (χ4v) is 6.28. The van der Waals surface area contributed by atoms with Crippen LogP contribution in [0, 0.1) is 0 Å². The largest absolute Gasteiger partial charge is 0.366 e. The van der Waals surface area contributed by atoms with Crippen molar-refractivity contribution in [2.24, 2.45) is 0 Å². The number of piperazine rings is 1. The van der Waals surface area contributed by atoms with Gasteiger partial charge in [0, 0.05) is 51.0 Å². The van der Waals surface area contributed by atoms with Crippen molar-refractivity contribution < 1.29 is 8.42 Å². The Morgan fingerprint density at radius 3 is 2.41 bits per heavy atom. The fourth-order valence-electron chi connectivity index (χ4n) is 4.91. The summed E-state index contributed by atoms with van der Waals surface area (Å²) in [5, 5.41) is 3.55. The van der Waals surface area contributed by atoms with Gasteiger partial charge in [0.2, 0.25) is 10.0 Å². The first-order valence-electron chi connectivity index (χ1n) is 11.2. The smallest absolute Gasteiger partial charge is 0.244 e. The van der Waals surface area contributed by atoms with Gasteiger partial charge in [-0.15, -0.1) is 0 Å². The number of rotatable bonds is 5. The van der Waals surface area contributed by atoms with E-state index in [0.29, 0.717) is 24.0 Å². The first-order valence-corrected chi connectivity index (χ1v) is 12.6. The third kappa shape index (κ3) is 5.10. The van der Waals surface area contributed by atoms with Gasteiger partial charge >= 0.3 is 0 Å². The molecule has 1 saturated carbocycles. The van der Waals surface area contributed by atoms with Gasteiger partial charge in [0.15, 0.2) is 0 Å². The number of pyridine rings is 1. The van der Waals surface area contributed by atoms with Crippen LogP contribution < -0.4 is 5.32 Å². The highest BCUT2D eigenvalue weighted by Gasteiger charge is 2.29. The topological polar surface area (TPSA) is 68.8 Å². The molecule has 2 saturated heterocycles. The Hall–Kier alpha value is -1.22. The van der Waals surface area contributed by atoms with E-state index in [-0.39, 0.29) is 0 Å². The number of piperidine rings is 1. The van der Waals surface area contributed by atoms with Crippen LogP contribution in [-0.2, 0) is 10.0 Å².